The summed E-state index contributed by atoms with van der Waals surface area (Å²) in [5.74, 6) is 0.552. The Kier molecular flexibility index (Phi) is 5.82. The van der Waals surface area contributed by atoms with Crippen LogP contribution in [0.1, 0.15) is 5.56 Å². The standard InChI is InChI=1S/C16H15ClN2O4/c1-22-12-6-7-14(20)11(8-12)9-18-19-16(21)10-23-15-5-3-2-4-13(15)17/h2-9,20H,10H2,1H3,(H,19,21)/b18-9+. The fraction of sp³-hybridized carbons (Fsp3) is 0.125. The third kappa shape index (κ3) is 4.89. The molecule has 0 unspecified atom stereocenters. The molecule has 2 rings (SSSR count). The van der Waals surface area contributed by atoms with Gasteiger partial charge in [-0.15, -0.1) is 0 Å². The molecule has 0 radical (unpaired) electrons. The number of ether oxygens (including phenoxy) is 2. The quantitative estimate of drug-likeness (QED) is 0.628. The van der Waals surface area contributed by atoms with E-state index < -0.39 is 5.91 Å². The minimum Gasteiger partial charge on any atom is -0.507 e. The number of para-hydroxylation sites is 1. The summed E-state index contributed by atoms with van der Waals surface area (Å²) in [6.45, 7) is -0.231. The number of benzene rings is 2. The fourth-order valence-corrected chi connectivity index (χ4v) is 1.86. The molecule has 0 saturated carbocycles. The minimum atomic E-state index is -0.455. The monoisotopic (exact) mass is 334 g/mol. The summed E-state index contributed by atoms with van der Waals surface area (Å²) in [4.78, 5) is 11.6. The van der Waals surface area contributed by atoms with Gasteiger partial charge in [0, 0.05) is 5.56 Å². The zero-order valence-electron chi connectivity index (χ0n) is 12.3. The Labute approximate surface area is 138 Å². The fourth-order valence-electron chi connectivity index (χ4n) is 1.67. The van der Waals surface area contributed by atoms with Gasteiger partial charge in [0.2, 0.25) is 0 Å². The number of phenols is 1. The minimum absolute atomic E-state index is 0.0242. The van der Waals surface area contributed by atoms with Gasteiger partial charge in [0.25, 0.3) is 5.91 Å². The van der Waals surface area contributed by atoms with Crippen molar-refractivity contribution < 1.29 is 19.4 Å². The molecule has 0 spiro atoms. The highest BCUT2D eigenvalue weighted by molar-refractivity contribution is 6.32. The number of hydrazone groups is 1. The predicted molar refractivity (Wildman–Crippen MR) is 87.3 cm³/mol. The van der Waals surface area contributed by atoms with Crippen LogP contribution in [0.2, 0.25) is 5.02 Å². The first-order valence-electron chi connectivity index (χ1n) is 6.66. The summed E-state index contributed by atoms with van der Waals surface area (Å²) in [6, 6.07) is 11.5. The number of hydrogen-bond donors (Lipinski definition) is 2. The van der Waals surface area contributed by atoms with Crippen LogP contribution in [-0.4, -0.2) is 30.9 Å². The van der Waals surface area contributed by atoms with E-state index in [0.29, 0.717) is 22.1 Å². The van der Waals surface area contributed by atoms with Gasteiger partial charge >= 0.3 is 0 Å². The smallest absolute Gasteiger partial charge is 0.277 e. The van der Waals surface area contributed by atoms with Crippen molar-refractivity contribution in [2.24, 2.45) is 5.10 Å². The van der Waals surface area contributed by atoms with E-state index in [2.05, 4.69) is 10.5 Å². The number of carbonyl (C=O) groups is 1. The molecule has 7 heteroatoms. The molecule has 0 saturated heterocycles. The molecule has 2 N–H and O–H groups in total. The van der Waals surface area contributed by atoms with Crippen LogP contribution in [0.4, 0.5) is 0 Å². The lowest BCUT2D eigenvalue weighted by atomic mass is 10.2. The van der Waals surface area contributed by atoms with E-state index in [9.17, 15) is 9.90 Å². The van der Waals surface area contributed by atoms with E-state index in [-0.39, 0.29) is 12.4 Å². The normalized spacial score (nSPS) is 10.5. The Morgan fingerprint density at radius 2 is 2.13 bits per heavy atom. The second kappa shape index (κ2) is 8.05. The van der Waals surface area contributed by atoms with Crippen LogP contribution >= 0.6 is 11.6 Å². The Morgan fingerprint density at radius 1 is 1.35 bits per heavy atom. The molecule has 0 atom stereocenters. The lowest BCUT2D eigenvalue weighted by molar-refractivity contribution is -0.123. The van der Waals surface area contributed by atoms with E-state index in [0.717, 1.165) is 0 Å². The molecule has 0 fully saturated rings. The molecule has 2 aromatic rings. The molecule has 0 aliphatic rings. The van der Waals surface area contributed by atoms with E-state index in [4.69, 9.17) is 21.1 Å². The molecule has 0 aromatic heterocycles. The summed E-state index contributed by atoms with van der Waals surface area (Å²) < 4.78 is 10.3. The molecule has 120 valence electrons. The van der Waals surface area contributed by atoms with Gasteiger partial charge in [0.15, 0.2) is 6.61 Å². The third-order valence-corrected chi connectivity index (χ3v) is 3.14. The van der Waals surface area contributed by atoms with Gasteiger partial charge in [0.1, 0.15) is 17.2 Å². The van der Waals surface area contributed by atoms with Crippen LogP contribution in [-0.2, 0) is 4.79 Å². The zero-order chi connectivity index (χ0) is 16.7. The Morgan fingerprint density at radius 3 is 2.87 bits per heavy atom. The first-order valence-corrected chi connectivity index (χ1v) is 7.04. The van der Waals surface area contributed by atoms with Crippen molar-refractivity contribution in [3.63, 3.8) is 0 Å². The molecule has 6 nitrogen and oxygen atoms in total. The number of nitrogens with one attached hydrogen (secondary N) is 1. The van der Waals surface area contributed by atoms with E-state index in [1.54, 1.807) is 36.4 Å². The average molecular weight is 335 g/mol. The average Bonchev–Trinajstić information content (AvgIpc) is 2.56. The number of methoxy groups -OCH3 is 1. The molecule has 0 bridgehead atoms. The summed E-state index contributed by atoms with van der Waals surface area (Å²) >= 11 is 5.91. The Hall–Kier alpha value is -2.73. The van der Waals surface area contributed by atoms with Crippen LogP contribution in [0.3, 0.4) is 0 Å². The van der Waals surface area contributed by atoms with Crippen molar-refractivity contribution in [1.82, 2.24) is 5.43 Å². The second-order valence-electron chi connectivity index (χ2n) is 4.44. The number of rotatable bonds is 6. The number of halogens is 1. The number of aromatic hydroxyl groups is 1. The molecule has 2 aromatic carbocycles. The highest BCUT2D eigenvalue weighted by Crippen LogP contribution is 2.23. The van der Waals surface area contributed by atoms with Crippen molar-refractivity contribution >= 4 is 23.7 Å². The van der Waals surface area contributed by atoms with Crippen LogP contribution in [0.15, 0.2) is 47.6 Å². The largest absolute Gasteiger partial charge is 0.507 e. The summed E-state index contributed by atoms with van der Waals surface area (Å²) in [5.41, 5.74) is 2.71. The van der Waals surface area contributed by atoms with Gasteiger partial charge in [-0.2, -0.15) is 5.10 Å². The molecular weight excluding hydrogens is 320 g/mol. The summed E-state index contributed by atoms with van der Waals surface area (Å²) in [6.07, 6.45) is 1.31. The Balaban J connectivity index is 1.88. The van der Waals surface area contributed by atoms with Crippen LogP contribution in [0.25, 0.3) is 0 Å². The maximum Gasteiger partial charge on any atom is 0.277 e. The molecule has 0 aliphatic heterocycles. The van der Waals surface area contributed by atoms with Gasteiger partial charge in [0.05, 0.1) is 18.3 Å². The molecule has 1 amide bonds. The van der Waals surface area contributed by atoms with Crippen molar-refractivity contribution in [3.8, 4) is 17.2 Å². The Bertz CT molecular complexity index is 719. The van der Waals surface area contributed by atoms with Gasteiger partial charge in [-0.3, -0.25) is 4.79 Å². The molecule has 23 heavy (non-hydrogen) atoms. The summed E-state index contributed by atoms with van der Waals surface area (Å²) in [5, 5.41) is 13.9. The predicted octanol–water partition coefficient (Wildman–Crippen LogP) is 2.58. The SMILES string of the molecule is COc1ccc(O)c(/C=N/NC(=O)COc2ccccc2Cl)c1. The van der Waals surface area contributed by atoms with Crippen molar-refractivity contribution in [3.05, 3.63) is 53.1 Å². The van der Waals surface area contributed by atoms with Gasteiger partial charge in [-0.1, -0.05) is 23.7 Å². The molecular formula is C16H15ClN2O4. The van der Waals surface area contributed by atoms with Crippen molar-refractivity contribution in [1.29, 1.82) is 0 Å². The number of amides is 1. The maximum absolute atomic E-state index is 11.6. The highest BCUT2D eigenvalue weighted by Gasteiger charge is 2.05. The number of nitrogens with zero attached hydrogens (tertiary/aromatic N) is 1. The van der Waals surface area contributed by atoms with E-state index in [1.807, 2.05) is 0 Å². The number of hydrogen-bond acceptors (Lipinski definition) is 5. The first-order chi connectivity index (χ1) is 11.1. The van der Waals surface area contributed by atoms with Crippen molar-refractivity contribution in [2.75, 3.05) is 13.7 Å². The van der Waals surface area contributed by atoms with E-state index >= 15 is 0 Å². The lowest BCUT2D eigenvalue weighted by Crippen LogP contribution is -2.24. The number of carbonyl (C=O) groups excluding carboxylic acids is 1. The maximum atomic E-state index is 11.6. The zero-order valence-corrected chi connectivity index (χ0v) is 13.1. The van der Waals surface area contributed by atoms with Crippen LogP contribution < -0.4 is 14.9 Å². The van der Waals surface area contributed by atoms with Crippen LogP contribution in [0.5, 0.6) is 17.2 Å². The first kappa shape index (κ1) is 16.6. The third-order valence-electron chi connectivity index (χ3n) is 2.82. The van der Waals surface area contributed by atoms with Crippen LogP contribution in [0, 0.1) is 0 Å². The summed E-state index contributed by atoms with van der Waals surface area (Å²) in [7, 11) is 1.52. The van der Waals surface area contributed by atoms with Gasteiger partial charge in [-0.05, 0) is 30.3 Å². The van der Waals surface area contributed by atoms with E-state index in [1.165, 1.54) is 19.4 Å². The highest BCUT2D eigenvalue weighted by atomic mass is 35.5. The lowest BCUT2D eigenvalue weighted by Gasteiger charge is -2.06. The second-order valence-corrected chi connectivity index (χ2v) is 4.84. The van der Waals surface area contributed by atoms with Gasteiger partial charge in [-0.25, -0.2) is 5.43 Å². The topological polar surface area (TPSA) is 80.2 Å². The molecule has 0 heterocycles. The van der Waals surface area contributed by atoms with Crippen molar-refractivity contribution in [2.45, 2.75) is 0 Å². The van der Waals surface area contributed by atoms with Gasteiger partial charge < -0.3 is 14.6 Å². The molecule has 0 aliphatic carbocycles. The number of phenolic OH excluding ortho intramolecular Hbond substituents is 1.